The summed E-state index contributed by atoms with van der Waals surface area (Å²) in [5.41, 5.74) is 4.02. The molecule has 0 fully saturated rings. The fraction of sp³-hybridized carbons (Fsp3) is 0.200. The topological polar surface area (TPSA) is 46.6 Å². The molecule has 0 saturated heterocycles. The molecule has 0 aliphatic rings. The van der Waals surface area contributed by atoms with Gasteiger partial charge in [-0.25, -0.2) is 4.79 Å². The summed E-state index contributed by atoms with van der Waals surface area (Å²) in [6, 6.07) is 11.8. The summed E-state index contributed by atoms with van der Waals surface area (Å²) in [5, 5.41) is 5.82. The minimum Gasteiger partial charge on any atom is -0.451 e. The number of nitrogens with zero attached hydrogens (tertiary/aromatic N) is 1. The number of carbonyl (C=O) groups is 2. The van der Waals surface area contributed by atoms with Gasteiger partial charge in [-0.3, -0.25) is 4.79 Å². The lowest BCUT2D eigenvalue weighted by Crippen LogP contribution is -2.30. The highest BCUT2D eigenvalue weighted by Crippen LogP contribution is 2.29. The summed E-state index contributed by atoms with van der Waals surface area (Å²) in [6.45, 7) is 2.27. The van der Waals surface area contributed by atoms with Gasteiger partial charge in [-0.15, -0.1) is 11.3 Å². The van der Waals surface area contributed by atoms with Crippen LogP contribution in [0.1, 0.15) is 20.8 Å². The number of thiophene rings is 2. The van der Waals surface area contributed by atoms with Gasteiger partial charge in [-0.05, 0) is 46.3 Å². The highest BCUT2D eigenvalue weighted by atomic mass is 32.1. The van der Waals surface area contributed by atoms with Gasteiger partial charge >= 0.3 is 5.97 Å². The second kappa shape index (κ2) is 8.29. The maximum absolute atomic E-state index is 12.4. The molecule has 2 aromatic heterocycles. The molecular formula is C20H19NO3S2. The van der Waals surface area contributed by atoms with Crippen molar-refractivity contribution in [3.63, 3.8) is 0 Å². The van der Waals surface area contributed by atoms with Crippen LogP contribution in [0.25, 0.3) is 11.1 Å². The van der Waals surface area contributed by atoms with Crippen molar-refractivity contribution in [2.24, 2.45) is 0 Å². The van der Waals surface area contributed by atoms with Gasteiger partial charge < -0.3 is 9.64 Å². The Hall–Kier alpha value is -2.44. The largest absolute Gasteiger partial charge is 0.451 e. The molecule has 26 heavy (non-hydrogen) atoms. The molecule has 3 rings (SSSR count). The second-order valence-corrected chi connectivity index (χ2v) is 7.68. The van der Waals surface area contributed by atoms with Crippen molar-refractivity contribution < 1.29 is 14.3 Å². The van der Waals surface area contributed by atoms with E-state index in [0.29, 0.717) is 11.4 Å². The summed E-state index contributed by atoms with van der Waals surface area (Å²) in [5.74, 6) is -0.689. The van der Waals surface area contributed by atoms with Crippen LogP contribution in [0.15, 0.2) is 52.5 Å². The number of esters is 1. The van der Waals surface area contributed by atoms with Gasteiger partial charge in [0.2, 0.25) is 0 Å². The molecule has 3 aromatic rings. The standard InChI is InChI=1S/C20H19NO3S2/c1-14-3-5-16(6-4-14)17-8-10-26-19(17)20(23)24-12-18(22)21(2)11-15-7-9-25-13-15/h3-10,13H,11-12H2,1-2H3. The average molecular weight is 386 g/mol. The monoisotopic (exact) mass is 385 g/mol. The SMILES string of the molecule is Cc1ccc(-c2ccsc2C(=O)OCC(=O)N(C)Cc2ccsc2)cc1. The number of benzene rings is 1. The number of amides is 1. The van der Waals surface area contributed by atoms with Crippen molar-refractivity contribution in [3.8, 4) is 11.1 Å². The zero-order chi connectivity index (χ0) is 18.5. The van der Waals surface area contributed by atoms with E-state index in [1.165, 1.54) is 11.3 Å². The first kappa shape index (κ1) is 18.4. The predicted octanol–water partition coefficient (Wildman–Crippen LogP) is 4.60. The Morgan fingerprint density at radius 3 is 2.54 bits per heavy atom. The van der Waals surface area contributed by atoms with Gasteiger partial charge in [0.15, 0.2) is 6.61 Å². The normalized spacial score (nSPS) is 10.5. The summed E-state index contributed by atoms with van der Waals surface area (Å²) >= 11 is 2.91. The van der Waals surface area contributed by atoms with Gasteiger partial charge in [-0.1, -0.05) is 29.8 Å². The lowest BCUT2D eigenvalue weighted by atomic mass is 10.1. The van der Waals surface area contributed by atoms with Crippen molar-refractivity contribution in [2.75, 3.05) is 13.7 Å². The van der Waals surface area contributed by atoms with Crippen LogP contribution in [-0.2, 0) is 16.1 Å². The average Bonchev–Trinajstić information content (AvgIpc) is 3.31. The first-order valence-corrected chi connectivity index (χ1v) is 9.93. The number of ether oxygens (including phenoxy) is 1. The van der Waals surface area contributed by atoms with E-state index in [1.54, 1.807) is 23.3 Å². The molecule has 0 aliphatic carbocycles. The van der Waals surface area contributed by atoms with E-state index in [9.17, 15) is 9.59 Å². The van der Waals surface area contributed by atoms with E-state index in [2.05, 4.69) is 0 Å². The molecule has 0 atom stereocenters. The number of aryl methyl sites for hydroxylation is 1. The van der Waals surface area contributed by atoms with Crippen LogP contribution < -0.4 is 0 Å². The highest BCUT2D eigenvalue weighted by molar-refractivity contribution is 7.12. The summed E-state index contributed by atoms with van der Waals surface area (Å²) < 4.78 is 5.26. The fourth-order valence-electron chi connectivity index (χ4n) is 2.48. The number of hydrogen-bond donors (Lipinski definition) is 0. The van der Waals surface area contributed by atoms with Gasteiger partial charge in [0.25, 0.3) is 5.91 Å². The molecule has 2 heterocycles. The van der Waals surface area contributed by atoms with Crippen LogP contribution >= 0.6 is 22.7 Å². The van der Waals surface area contributed by atoms with E-state index in [0.717, 1.165) is 22.3 Å². The number of hydrogen-bond acceptors (Lipinski definition) is 5. The quantitative estimate of drug-likeness (QED) is 0.583. The molecule has 0 spiro atoms. The zero-order valence-electron chi connectivity index (χ0n) is 14.6. The van der Waals surface area contributed by atoms with E-state index < -0.39 is 5.97 Å². The Bertz CT molecular complexity index is 882. The Kier molecular flexibility index (Phi) is 5.85. The van der Waals surface area contributed by atoms with E-state index >= 15 is 0 Å². The van der Waals surface area contributed by atoms with Gasteiger partial charge in [0, 0.05) is 19.2 Å². The second-order valence-electron chi connectivity index (χ2n) is 5.99. The minimum absolute atomic E-state index is 0.224. The molecule has 0 unspecified atom stereocenters. The fourth-order valence-corrected chi connectivity index (χ4v) is 3.94. The molecule has 6 heteroatoms. The first-order chi connectivity index (χ1) is 12.5. The summed E-state index contributed by atoms with van der Waals surface area (Å²) in [4.78, 5) is 26.7. The Labute approximate surface area is 160 Å². The molecular weight excluding hydrogens is 366 g/mol. The molecule has 0 saturated carbocycles. The third kappa shape index (κ3) is 4.39. The maximum atomic E-state index is 12.4. The van der Waals surface area contributed by atoms with Gasteiger partial charge in [0.05, 0.1) is 0 Å². The third-order valence-corrected chi connectivity index (χ3v) is 5.59. The molecule has 134 valence electrons. The van der Waals surface area contributed by atoms with Crippen LogP contribution in [0.3, 0.4) is 0 Å². The molecule has 0 radical (unpaired) electrons. The van der Waals surface area contributed by atoms with Crippen molar-refractivity contribution in [3.05, 3.63) is 68.5 Å². The smallest absolute Gasteiger partial charge is 0.349 e. The van der Waals surface area contributed by atoms with Crippen LogP contribution in [-0.4, -0.2) is 30.4 Å². The Morgan fingerprint density at radius 1 is 1.08 bits per heavy atom. The van der Waals surface area contributed by atoms with Gasteiger partial charge in [-0.2, -0.15) is 11.3 Å². The molecule has 1 aromatic carbocycles. The predicted molar refractivity (Wildman–Crippen MR) is 106 cm³/mol. The number of carbonyl (C=O) groups excluding carboxylic acids is 2. The molecule has 1 amide bonds. The summed E-state index contributed by atoms with van der Waals surface area (Å²) in [6.07, 6.45) is 0. The van der Waals surface area contributed by atoms with Crippen molar-refractivity contribution >= 4 is 34.6 Å². The maximum Gasteiger partial charge on any atom is 0.349 e. The van der Waals surface area contributed by atoms with Crippen LogP contribution in [0.2, 0.25) is 0 Å². The van der Waals surface area contributed by atoms with E-state index in [1.807, 2.05) is 59.5 Å². The number of rotatable bonds is 6. The van der Waals surface area contributed by atoms with Crippen LogP contribution in [0.5, 0.6) is 0 Å². The zero-order valence-corrected chi connectivity index (χ0v) is 16.2. The van der Waals surface area contributed by atoms with E-state index in [4.69, 9.17) is 4.74 Å². The van der Waals surface area contributed by atoms with E-state index in [-0.39, 0.29) is 12.5 Å². The molecule has 0 bridgehead atoms. The van der Waals surface area contributed by atoms with Crippen molar-refractivity contribution in [1.29, 1.82) is 0 Å². The number of likely N-dealkylation sites (N-methyl/N-ethyl adjacent to an activating group) is 1. The van der Waals surface area contributed by atoms with Crippen LogP contribution in [0.4, 0.5) is 0 Å². The van der Waals surface area contributed by atoms with Crippen LogP contribution in [0, 0.1) is 6.92 Å². The minimum atomic E-state index is -0.465. The highest BCUT2D eigenvalue weighted by Gasteiger charge is 2.18. The van der Waals surface area contributed by atoms with Crippen molar-refractivity contribution in [1.82, 2.24) is 4.90 Å². The van der Waals surface area contributed by atoms with Crippen molar-refractivity contribution in [2.45, 2.75) is 13.5 Å². The molecule has 4 nitrogen and oxygen atoms in total. The summed E-state index contributed by atoms with van der Waals surface area (Å²) in [7, 11) is 1.71. The van der Waals surface area contributed by atoms with Gasteiger partial charge in [0.1, 0.15) is 4.88 Å². The molecule has 0 N–H and O–H groups in total. The third-order valence-electron chi connectivity index (χ3n) is 3.97. The lowest BCUT2D eigenvalue weighted by molar-refractivity contribution is -0.133. The lowest BCUT2D eigenvalue weighted by Gasteiger charge is -2.16. The Balaban J connectivity index is 1.61. The Morgan fingerprint density at radius 2 is 1.85 bits per heavy atom. The first-order valence-electron chi connectivity index (χ1n) is 8.11. The molecule has 0 aliphatic heterocycles.